The molecule has 2 heteroatoms. The predicted molar refractivity (Wildman–Crippen MR) is 62.1 cm³/mol. The summed E-state index contributed by atoms with van der Waals surface area (Å²) in [7, 11) is 0. The summed E-state index contributed by atoms with van der Waals surface area (Å²) < 4.78 is 0. The Morgan fingerprint density at radius 2 is 1.71 bits per heavy atom. The van der Waals surface area contributed by atoms with Gasteiger partial charge in [-0.15, -0.1) is 0 Å². The van der Waals surface area contributed by atoms with Gasteiger partial charge in [-0.1, -0.05) is 47.5 Å². The fraction of sp³-hybridized carbons (Fsp3) is 0.167. The van der Waals surface area contributed by atoms with Gasteiger partial charge >= 0.3 is 0 Å². The summed E-state index contributed by atoms with van der Waals surface area (Å²) in [5.41, 5.74) is 1.18. The van der Waals surface area contributed by atoms with Crippen molar-refractivity contribution in [2.75, 3.05) is 0 Å². The van der Waals surface area contributed by atoms with Crippen LogP contribution in [-0.2, 0) is 0 Å². The number of allylic oxidation sites excluding steroid dienone is 4. The fourth-order valence-corrected chi connectivity index (χ4v) is 2.16. The highest BCUT2D eigenvalue weighted by molar-refractivity contribution is 6.34. The van der Waals surface area contributed by atoms with Gasteiger partial charge in [-0.25, -0.2) is 0 Å². The van der Waals surface area contributed by atoms with Crippen molar-refractivity contribution in [2.24, 2.45) is 0 Å². The van der Waals surface area contributed by atoms with Gasteiger partial charge in [0.05, 0.1) is 0 Å². The molecule has 0 N–H and O–H groups in total. The molecule has 14 heavy (non-hydrogen) atoms. The van der Waals surface area contributed by atoms with Gasteiger partial charge in [0.2, 0.25) is 0 Å². The van der Waals surface area contributed by atoms with Crippen molar-refractivity contribution in [3.63, 3.8) is 0 Å². The van der Waals surface area contributed by atoms with E-state index in [4.69, 9.17) is 23.2 Å². The Bertz CT molecular complexity index is 371. The van der Waals surface area contributed by atoms with Crippen LogP contribution in [0.15, 0.2) is 42.5 Å². The topological polar surface area (TPSA) is 0 Å². The molecule has 0 amide bonds. The highest BCUT2D eigenvalue weighted by Gasteiger charge is 2.09. The third-order valence-electron chi connectivity index (χ3n) is 2.29. The van der Waals surface area contributed by atoms with Crippen LogP contribution in [0.4, 0.5) is 0 Å². The normalized spacial score (nSPS) is 20.0. The summed E-state index contributed by atoms with van der Waals surface area (Å²) in [4.78, 5) is 0. The van der Waals surface area contributed by atoms with Crippen molar-refractivity contribution in [1.29, 1.82) is 0 Å². The first-order valence-electron chi connectivity index (χ1n) is 4.55. The van der Waals surface area contributed by atoms with E-state index >= 15 is 0 Å². The van der Waals surface area contributed by atoms with Crippen LogP contribution in [0.2, 0.25) is 10.0 Å². The highest BCUT2D eigenvalue weighted by Crippen LogP contribution is 2.29. The molecule has 1 aromatic rings. The van der Waals surface area contributed by atoms with Gasteiger partial charge in [0.1, 0.15) is 0 Å². The third kappa shape index (κ3) is 2.20. The van der Waals surface area contributed by atoms with E-state index in [1.807, 2.05) is 12.1 Å². The summed E-state index contributed by atoms with van der Waals surface area (Å²) in [6, 6.07) is 5.71. The molecule has 0 bridgehead atoms. The molecule has 0 aliphatic heterocycles. The molecule has 0 saturated carbocycles. The standard InChI is InChI=1S/C12H10Cl2/c13-11-6-10(7-12(14)8-11)9-4-2-1-3-5-9/h1-4,6-9H,5H2. The molecule has 0 heterocycles. The van der Waals surface area contributed by atoms with Crippen LogP contribution in [0.1, 0.15) is 17.9 Å². The van der Waals surface area contributed by atoms with Gasteiger partial charge in [0, 0.05) is 16.0 Å². The monoisotopic (exact) mass is 224 g/mol. The average Bonchev–Trinajstić information content (AvgIpc) is 2.18. The van der Waals surface area contributed by atoms with E-state index in [1.165, 1.54) is 5.56 Å². The van der Waals surface area contributed by atoms with Crippen molar-refractivity contribution in [2.45, 2.75) is 12.3 Å². The summed E-state index contributed by atoms with van der Waals surface area (Å²) in [6.45, 7) is 0. The maximum atomic E-state index is 5.94. The van der Waals surface area contributed by atoms with Crippen LogP contribution in [-0.4, -0.2) is 0 Å². The van der Waals surface area contributed by atoms with E-state index in [2.05, 4.69) is 24.3 Å². The molecule has 72 valence electrons. The van der Waals surface area contributed by atoms with Crippen molar-refractivity contribution in [3.8, 4) is 0 Å². The average molecular weight is 225 g/mol. The second-order valence-electron chi connectivity index (χ2n) is 3.36. The largest absolute Gasteiger partial charge is 0.0843 e. The molecule has 0 nitrogen and oxygen atoms in total. The van der Waals surface area contributed by atoms with Gasteiger partial charge in [0.25, 0.3) is 0 Å². The third-order valence-corrected chi connectivity index (χ3v) is 2.73. The minimum Gasteiger partial charge on any atom is -0.0843 e. The Morgan fingerprint density at radius 3 is 2.29 bits per heavy atom. The second-order valence-corrected chi connectivity index (χ2v) is 4.23. The SMILES string of the molecule is Clc1cc(Cl)cc(C2C=CC=CC2)c1. The number of halogens is 2. The number of hydrogen-bond acceptors (Lipinski definition) is 0. The van der Waals surface area contributed by atoms with Gasteiger partial charge < -0.3 is 0 Å². The number of hydrogen-bond donors (Lipinski definition) is 0. The van der Waals surface area contributed by atoms with E-state index in [-0.39, 0.29) is 0 Å². The minimum atomic E-state index is 0.413. The van der Waals surface area contributed by atoms with E-state index < -0.39 is 0 Å². The predicted octanol–water partition coefficient (Wildman–Crippen LogP) is 4.59. The highest BCUT2D eigenvalue weighted by atomic mass is 35.5. The van der Waals surface area contributed by atoms with Crippen LogP contribution in [0.25, 0.3) is 0 Å². The van der Waals surface area contributed by atoms with Gasteiger partial charge in [0.15, 0.2) is 0 Å². The first kappa shape index (κ1) is 9.82. The van der Waals surface area contributed by atoms with Crippen molar-refractivity contribution in [1.82, 2.24) is 0 Å². The first-order valence-corrected chi connectivity index (χ1v) is 5.30. The lowest BCUT2D eigenvalue weighted by Crippen LogP contribution is -1.95. The van der Waals surface area contributed by atoms with E-state index in [1.54, 1.807) is 6.07 Å². The molecular formula is C12H10Cl2. The van der Waals surface area contributed by atoms with Crippen LogP contribution in [0.5, 0.6) is 0 Å². The lowest BCUT2D eigenvalue weighted by Gasteiger charge is -2.13. The molecule has 0 saturated heterocycles. The Labute approximate surface area is 93.8 Å². The number of rotatable bonds is 1. The molecular weight excluding hydrogens is 215 g/mol. The van der Waals surface area contributed by atoms with Gasteiger partial charge in [-0.3, -0.25) is 0 Å². The van der Waals surface area contributed by atoms with Crippen LogP contribution in [0, 0.1) is 0 Å². The summed E-state index contributed by atoms with van der Waals surface area (Å²) in [5, 5.41) is 1.41. The quantitative estimate of drug-likeness (QED) is 0.655. The summed E-state index contributed by atoms with van der Waals surface area (Å²) in [6.07, 6.45) is 9.46. The minimum absolute atomic E-state index is 0.413. The zero-order valence-electron chi connectivity index (χ0n) is 7.58. The summed E-state index contributed by atoms with van der Waals surface area (Å²) in [5.74, 6) is 0.413. The molecule has 1 aliphatic carbocycles. The Hall–Kier alpha value is -0.720. The van der Waals surface area contributed by atoms with Crippen LogP contribution < -0.4 is 0 Å². The molecule has 0 aromatic heterocycles. The smallest absolute Gasteiger partial charge is 0.0423 e. The molecule has 1 atom stereocenters. The second kappa shape index (κ2) is 4.20. The molecule has 0 fully saturated rings. The zero-order valence-corrected chi connectivity index (χ0v) is 9.09. The molecule has 1 aromatic carbocycles. The van der Waals surface area contributed by atoms with E-state index in [0.29, 0.717) is 16.0 Å². The van der Waals surface area contributed by atoms with Gasteiger partial charge in [-0.2, -0.15) is 0 Å². The van der Waals surface area contributed by atoms with E-state index in [0.717, 1.165) is 6.42 Å². The first-order chi connectivity index (χ1) is 6.75. The maximum Gasteiger partial charge on any atom is 0.0423 e. The molecule has 1 unspecified atom stereocenters. The van der Waals surface area contributed by atoms with Crippen molar-refractivity contribution >= 4 is 23.2 Å². The lowest BCUT2D eigenvalue weighted by atomic mass is 9.93. The molecule has 0 spiro atoms. The maximum absolute atomic E-state index is 5.94. The molecule has 0 radical (unpaired) electrons. The lowest BCUT2D eigenvalue weighted by molar-refractivity contribution is 0.854. The van der Waals surface area contributed by atoms with Crippen molar-refractivity contribution < 1.29 is 0 Å². The van der Waals surface area contributed by atoms with Crippen LogP contribution in [0.3, 0.4) is 0 Å². The van der Waals surface area contributed by atoms with Crippen LogP contribution >= 0.6 is 23.2 Å². The molecule has 2 rings (SSSR count). The number of benzene rings is 1. The van der Waals surface area contributed by atoms with Gasteiger partial charge in [-0.05, 0) is 30.2 Å². The van der Waals surface area contributed by atoms with Crippen molar-refractivity contribution in [3.05, 3.63) is 58.1 Å². The Morgan fingerprint density at radius 1 is 1.00 bits per heavy atom. The fourth-order valence-electron chi connectivity index (χ4n) is 1.62. The van der Waals surface area contributed by atoms with E-state index in [9.17, 15) is 0 Å². The Balaban J connectivity index is 2.32. The molecule has 1 aliphatic rings. The Kier molecular flexibility index (Phi) is 2.95. The zero-order chi connectivity index (χ0) is 9.97. The summed E-state index contributed by atoms with van der Waals surface area (Å²) >= 11 is 11.9.